The lowest BCUT2D eigenvalue weighted by Gasteiger charge is -2.22. The van der Waals surface area contributed by atoms with Crippen molar-refractivity contribution in [3.63, 3.8) is 0 Å². The predicted molar refractivity (Wildman–Crippen MR) is 142 cm³/mol. The molecule has 10 nitrogen and oxygen atoms in total. The Labute approximate surface area is 226 Å². The first-order valence-electron chi connectivity index (χ1n) is 12.8. The van der Waals surface area contributed by atoms with E-state index < -0.39 is 12.1 Å². The first-order chi connectivity index (χ1) is 19.1. The van der Waals surface area contributed by atoms with Crippen molar-refractivity contribution >= 4 is 45.4 Å². The van der Waals surface area contributed by atoms with Crippen LogP contribution < -0.4 is 16.0 Å². The summed E-state index contributed by atoms with van der Waals surface area (Å²) in [5.41, 5.74) is 3.69. The number of carbonyl (C=O) groups excluding carboxylic acids is 1. The van der Waals surface area contributed by atoms with Gasteiger partial charge in [-0.05, 0) is 68.5 Å². The van der Waals surface area contributed by atoms with Crippen molar-refractivity contribution in [2.24, 2.45) is 5.92 Å². The van der Waals surface area contributed by atoms with Crippen LogP contribution in [0.3, 0.4) is 0 Å². The van der Waals surface area contributed by atoms with E-state index in [-0.39, 0.29) is 11.8 Å². The molecule has 3 aromatic heterocycles. The number of oxazole rings is 1. The molecule has 0 unspecified atom stereocenters. The van der Waals surface area contributed by atoms with E-state index in [0.29, 0.717) is 23.4 Å². The third-order valence-electron chi connectivity index (χ3n) is 6.90. The third-order valence-corrected chi connectivity index (χ3v) is 6.90. The van der Waals surface area contributed by atoms with Crippen molar-refractivity contribution in [2.45, 2.75) is 37.8 Å². The Morgan fingerprint density at radius 3 is 2.42 bits per heavy atom. The van der Waals surface area contributed by atoms with E-state index in [1.807, 2.05) is 19.2 Å². The van der Waals surface area contributed by atoms with Gasteiger partial charge in [0.15, 0.2) is 5.58 Å². The zero-order valence-corrected chi connectivity index (χ0v) is 21.5. The Balaban J connectivity index is 0.000000411. The summed E-state index contributed by atoms with van der Waals surface area (Å²) >= 11 is 0. The number of amides is 1. The molecule has 1 aliphatic carbocycles. The van der Waals surface area contributed by atoms with Crippen LogP contribution in [0.25, 0.3) is 33.3 Å². The number of alkyl halides is 3. The minimum absolute atomic E-state index is 0.0265. The molecule has 1 aliphatic heterocycles. The minimum atomic E-state index is -5.08. The van der Waals surface area contributed by atoms with Gasteiger partial charge < -0.3 is 25.5 Å². The molecule has 0 radical (unpaired) electrons. The molecule has 1 saturated heterocycles. The second-order valence-electron chi connectivity index (χ2n) is 9.72. The number of hydrogen-bond donors (Lipinski definition) is 4. The maximum atomic E-state index is 12.3. The summed E-state index contributed by atoms with van der Waals surface area (Å²) in [5, 5.41) is 18.3. The number of nitrogens with zero attached hydrogens (tertiary/aromatic N) is 3. The largest absolute Gasteiger partial charge is 0.490 e. The van der Waals surface area contributed by atoms with E-state index in [4.69, 9.17) is 19.3 Å². The Hall–Kier alpha value is -4.26. The molecule has 40 heavy (non-hydrogen) atoms. The molecule has 2 fully saturated rings. The number of aliphatic carboxylic acids is 1. The van der Waals surface area contributed by atoms with Gasteiger partial charge in [-0.1, -0.05) is 6.07 Å². The van der Waals surface area contributed by atoms with E-state index in [2.05, 4.69) is 38.1 Å². The van der Waals surface area contributed by atoms with Crippen molar-refractivity contribution in [1.82, 2.24) is 20.3 Å². The number of rotatable bonds is 5. The summed E-state index contributed by atoms with van der Waals surface area (Å²) in [6, 6.07) is 8.20. The van der Waals surface area contributed by atoms with Crippen LogP contribution in [0, 0.1) is 5.92 Å². The van der Waals surface area contributed by atoms with Crippen molar-refractivity contribution in [1.29, 1.82) is 0 Å². The van der Waals surface area contributed by atoms with E-state index in [0.717, 1.165) is 66.2 Å². The molecule has 6 rings (SSSR count). The number of carboxylic acids is 1. The highest BCUT2D eigenvalue weighted by Crippen LogP contribution is 2.36. The van der Waals surface area contributed by atoms with Crippen molar-refractivity contribution in [3.05, 3.63) is 42.2 Å². The number of hydrogen-bond acceptors (Lipinski definition) is 8. The van der Waals surface area contributed by atoms with E-state index in [9.17, 15) is 18.0 Å². The topological polar surface area (TPSA) is 142 Å². The van der Waals surface area contributed by atoms with Crippen LogP contribution in [-0.4, -0.2) is 58.2 Å². The first kappa shape index (κ1) is 27.3. The molecular weight excluding hydrogens is 529 g/mol. The lowest BCUT2D eigenvalue weighted by molar-refractivity contribution is -0.192. The molecule has 4 aromatic rings. The molecule has 0 atom stereocenters. The van der Waals surface area contributed by atoms with Gasteiger partial charge in [0.2, 0.25) is 11.8 Å². The Morgan fingerprint density at radius 1 is 1.05 bits per heavy atom. The van der Waals surface area contributed by atoms with Crippen LogP contribution in [0.15, 0.2) is 41.1 Å². The van der Waals surface area contributed by atoms with Gasteiger partial charge in [-0.15, -0.1) is 0 Å². The van der Waals surface area contributed by atoms with Crippen molar-refractivity contribution < 1.29 is 32.3 Å². The second-order valence-corrected chi connectivity index (χ2v) is 9.72. The number of anilines is 2. The quantitative estimate of drug-likeness (QED) is 0.269. The average Bonchev–Trinajstić information content (AvgIpc) is 3.71. The third kappa shape index (κ3) is 5.98. The number of fused-ring (bicyclic) bond motifs is 2. The molecular formula is C27H27F3N6O4. The molecule has 13 heteroatoms. The molecule has 2 aliphatic rings. The lowest BCUT2D eigenvalue weighted by atomic mass is 9.90. The van der Waals surface area contributed by atoms with Crippen molar-refractivity contribution in [2.75, 3.05) is 30.8 Å². The zero-order chi connectivity index (χ0) is 28.4. The monoisotopic (exact) mass is 556 g/mol. The highest BCUT2D eigenvalue weighted by molar-refractivity contribution is 6.03. The van der Waals surface area contributed by atoms with Crippen LogP contribution in [0.2, 0.25) is 0 Å². The zero-order valence-electron chi connectivity index (χ0n) is 21.5. The van der Waals surface area contributed by atoms with Crippen LogP contribution in [0.5, 0.6) is 0 Å². The van der Waals surface area contributed by atoms with Crippen LogP contribution in [0.1, 0.15) is 37.2 Å². The normalized spacial score (nSPS) is 15.9. The fraction of sp³-hybridized carbons (Fsp3) is 0.370. The highest BCUT2D eigenvalue weighted by Gasteiger charge is 2.38. The summed E-state index contributed by atoms with van der Waals surface area (Å²) in [6.45, 7) is 2.10. The second kappa shape index (κ2) is 11.1. The molecule has 1 amide bonds. The standard InChI is InChI=1S/C25H26N6O2.C2HF3O2/c1-26-23-18-12-28-22(31-24(32)15-2-3-15)11-17(18)19(13-29-23)25-30-20-10-16(4-5-21(20)33-25)14-6-8-27-9-7-14;3-2(4,5)1(6)7/h4-5,10-15,27H,2-3,6-9H2,1H3,(H,26,29)(H,28,31,32);(H,6,7). The number of pyridine rings is 2. The molecule has 4 heterocycles. The maximum Gasteiger partial charge on any atom is 0.490 e. The number of benzene rings is 1. The Kier molecular flexibility index (Phi) is 7.57. The van der Waals surface area contributed by atoms with Crippen LogP contribution in [0.4, 0.5) is 24.8 Å². The molecule has 1 saturated carbocycles. The maximum absolute atomic E-state index is 12.3. The number of carbonyl (C=O) groups is 2. The van der Waals surface area contributed by atoms with E-state index >= 15 is 0 Å². The number of nitrogens with one attached hydrogen (secondary N) is 3. The Morgan fingerprint density at radius 2 is 1.77 bits per heavy atom. The minimum Gasteiger partial charge on any atom is -0.475 e. The number of aromatic nitrogens is 3. The lowest BCUT2D eigenvalue weighted by Crippen LogP contribution is -2.26. The van der Waals surface area contributed by atoms with E-state index in [1.54, 1.807) is 12.4 Å². The number of piperidine rings is 1. The fourth-order valence-corrected chi connectivity index (χ4v) is 4.62. The highest BCUT2D eigenvalue weighted by atomic mass is 19.4. The SMILES string of the molecule is CNc1ncc(-c2nc3cc(C4CCNCC4)ccc3o2)c2cc(NC(=O)C3CC3)ncc12.O=C(O)C(F)(F)F. The average molecular weight is 557 g/mol. The summed E-state index contributed by atoms with van der Waals surface area (Å²) in [7, 11) is 1.83. The number of carboxylic acid groups (broad SMARTS) is 1. The fourth-order valence-electron chi connectivity index (χ4n) is 4.62. The molecule has 0 bridgehead atoms. The predicted octanol–water partition coefficient (Wildman–Crippen LogP) is 4.93. The molecule has 4 N–H and O–H groups in total. The van der Waals surface area contributed by atoms with Crippen LogP contribution >= 0.6 is 0 Å². The van der Waals surface area contributed by atoms with Gasteiger partial charge in [0, 0.05) is 36.1 Å². The smallest absolute Gasteiger partial charge is 0.475 e. The Bertz CT molecular complexity index is 1560. The molecule has 0 spiro atoms. The van der Waals surface area contributed by atoms with Gasteiger partial charge in [0.1, 0.15) is 17.2 Å². The summed E-state index contributed by atoms with van der Waals surface area (Å²) in [5.74, 6) is -0.316. The van der Waals surface area contributed by atoms with Crippen molar-refractivity contribution in [3.8, 4) is 11.5 Å². The number of halogens is 3. The van der Waals surface area contributed by atoms with Crippen LogP contribution in [-0.2, 0) is 9.59 Å². The van der Waals surface area contributed by atoms with E-state index in [1.165, 1.54) is 5.56 Å². The summed E-state index contributed by atoms with van der Waals surface area (Å²) in [4.78, 5) is 35.0. The van der Waals surface area contributed by atoms with Gasteiger partial charge >= 0.3 is 12.1 Å². The van der Waals surface area contributed by atoms with Gasteiger partial charge in [0.05, 0.1) is 5.56 Å². The van der Waals surface area contributed by atoms with Gasteiger partial charge in [-0.3, -0.25) is 4.79 Å². The summed E-state index contributed by atoms with van der Waals surface area (Å²) in [6.07, 6.45) is 2.58. The summed E-state index contributed by atoms with van der Waals surface area (Å²) < 4.78 is 37.9. The van der Waals surface area contributed by atoms with Gasteiger partial charge in [-0.2, -0.15) is 13.2 Å². The molecule has 210 valence electrons. The van der Waals surface area contributed by atoms with Gasteiger partial charge in [0.25, 0.3) is 0 Å². The molecule has 1 aromatic carbocycles. The first-order valence-corrected chi connectivity index (χ1v) is 12.8. The van der Waals surface area contributed by atoms with Gasteiger partial charge in [-0.25, -0.2) is 19.7 Å².